The molecule has 0 spiro atoms. The number of carbonyl (C=O) groups is 2. The molecule has 1 aromatic rings. The third kappa shape index (κ3) is 4.35. The number of alkyl halides is 10. The third-order valence-electron chi connectivity index (χ3n) is 2.45. The molecule has 0 unspecified atom stereocenters. The zero-order valence-electron chi connectivity index (χ0n) is 11.7. The van der Waals surface area contributed by atoms with Gasteiger partial charge in [0, 0.05) is 6.07 Å². The third-order valence-corrected chi connectivity index (χ3v) is 2.45. The summed E-state index contributed by atoms with van der Waals surface area (Å²) in [6.45, 7) is 0. The van der Waals surface area contributed by atoms with Gasteiger partial charge in [-0.3, -0.25) is 0 Å². The van der Waals surface area contributed by atoms with Crippen molar-refractivity contribution in [1.82, 2.24) is 0 Å². The minimum atomic E-state index is -6.30. The Hall–Kier alpha value is -2.54. The summed E-state index contributed by atoms with van der Waals surface area (Å²) in [7, 11) is 0. The Balaban J connectivity index is 2.97. The molecule has 0 aliphatic carbocycles. The summed E-state index contributed by atoms with van der Waals surface area (Å²) in [5.41, 5.74) is 0. The number of benzene rings is 1. The van der Waals surface area contributed by atoms with Crippen molar-refractivity contribution in [2.45, 2.75) is 24.2 Å². The average molecular weight is 402 g/mol. The highest BCUT2D eigenvalue weighted by atomic mass is 19.4. The van der Waals surface area contributed by atoms with E-state index in [9.17, 15) is 53.5 Å². The summed E-state index contributed by atoms with van der Waals surface area (Å²) in [5.74, 6) is -20.3. The molecule has 0 bridgehead atoms. The molecule has 0 saturated carbocycles. The van der Waals surface area contributed by atoms with E-state index in [2.05, 4.69) is 9.47 Å². The van der Waals surface area contributed by atoms with Crippen molar-refractivity contribution < 1.29 is 63.0 Å². The summed E-state index contributed by atoms with van der Waals surface area (Å²) in [6, 6.07) is 1.98. The van der Waals surface area contributed by atoms with Crippen LogP contribution in [0.5, 0.6) is 11.5 Å². The van der Waals surface area contributed by atoms with Crippen molar-refractivity contribution in [2.24, 2.45) is 0 Å². The molecular weight excluding hydrogens is 398 g/mol. The van der Waals surface area contributed by atoms with Gasteiger partial charge >= 0.3 is 36.1 Å². The lowest BCUT2D eigenvalue weighted by Gasteiger charge is -2.18. The molecule has 0 amide bonds. The predicted octanol–water partition coefficient (Wildman–Crippen LogP) is 3.89. The van der Waals surface area contributed by atoms with Crippen molar-refractivity contribution in [3.8, 4) is 11.5 Å². The first-order valence-corrected chi connectivity index (χ1v) is 5.94. The van der Waals surface area contributed by atoms with E-state index in [1.54, 1.807) is 0 Å². The molecule has 0 N–H and O–H groups in total. The number of esters is 2. The molecule has 26 heavy (non-hydrogen) atoms. The molecule has 146 valence electrons. The summed E-state index contributed by atoms with van der Waals surface area (Å²) in [4.78, 5) is 21.7. The number of rotatable bonds is 4. The van der Waals surface area contributed by atoms with E-state index in [0.717, 1.165) is 0 Å². The number of halogens is 10. The van der Waals surface area contributed by atoms with Gasteiger partial charge in [-0.1, -0.05) is 6.07 Å². The van der Waals surface area contributed by atoms with Gasteiger partial charge in [0.2, 0.25) is 0 Å². The van der Waals surface area contributed by atoms with E-state index in [4.69, 9.17) is 0 Å². The fraction of sp³-hybridized carbons (Fsp3) is 0.333. The van der Waals surface area contributed by atoms with Crippen LogP contribution in [-0.2, 0) is 9.59 Å². The number of hydrogen-bond acceptors (Lipinski definition) is 4. The van der Waals surface area contributed by atoms with E-state index >= 15 is 0 Å². The molecule has 0 atom stereocenters. The van der Waals surface area contributed by atoms with Crippen molar-refractivity contribution in [1.29, 1.82) is 0 Å². The first-order chi connectivity index (χ1) is 11.5. The molecule has 0 saturated heterocycles. The first kappa shape index (κ1) is 21.5. The first-order valence-electron chi connectivity index (χ1n) is 5.94. The van der Waals surface area contributed by atoms with Crippen LogP contribution in [0.1, 0.15) is 0 Å². The van der Waals surface area contributed by atoms with E-state index in [-0.39, 0.29) is 6.07 Å². The maximum absolute atomic E-state index is 12.7. The van der Waals surface area contributed by atoms with Crippen LogP contribution in [0.25, 0.3) is 0 Å². The minimum absolute atomic E-state index is 0.175. The second kappa shape index (κ2) is 6.64. The normalized spacial score (nSPS) is 13.3. The second-order valence-electron chi connectivity index (χ2n) is 4.40. The predicted molar refractivity (Wildman–Crippen MR) is 59.7 cm³/mol. The molecule has 4 nitrogen and oxygen atoms in total. The fourth-order valence-electron chi connectivity index (χ4n) is 1.17. The summed E-state index contributed by atoms with van der Waals surface area (Å²) in [6.07, 6.45) is -12.6. The highest BCUT2D eigenvalue weighted by molar-refractivity contribution is 5.82. The van der Waals surface area contributed by atoms with Crippen LogP contribution in [0, 0.1) is 0 Å². The number of hydrogen-bond donors (Lipinski definition) is 0. The molecule has 1 rings (SSSR count). The van der Waals surface area contributed by atoms with Gasteiger partial charge in [-0.25, -0.2) is 9.59 Å². The largest absolute Gasteiger partial charge is 0.465 e. The Morgan fingerprint density at radius 1 is 0.654 bits per heavy atom. The summed E-state index contributed by atoms with van der Waals surface area (Å²) >= 11 is 0. The van der Waals surface area contributed by atoms with Gasteiger partial charge in [0.25, 0.3) is 0 Å². The van der Waals surface area contributed by atoms with Gasteiger partial charge in [0.05, 0.1) is 0 Å². The van der Waals surface area contributed by atoms with E-state index in [1.165, 1.54) is 0 Å². The van der Waals surface area contributed by atoms with Crippen LogP contribution in [0.2, 0.25) is 0 Å². The quantitative estimate of drug-likeness (QED) is 0.436. The van der Waals surface area contributed by atoms with E-state index in [0.29, 0.717) is 18.2 Å². The molecule has 0 radical (unpaired) electrons. The van der Waals surface area contributed by atoms with Gasteiger partial charge in [0.1, 0.15) is 11.5 Å². The lowest BCUT2D eigenvalue weighted by Crippen LogP contribution is -2.46. The molecule has 0 heterocycles. The monoisotopic (exact) mass is 402 g/mol. The molecule has 14 heteroatoms. The minimum Gasteiger partial charge on any atom is -0.422 e. The zero-order valence-corrected chi connectivity index (χ0v) is 11.7. The lowest BCUT2D eigenvalue weighted by molar-refractivity contribution is -0.276. The van der Waals surface area contributed by atoms with Gasteiger partial charge in [-0.15, -0.1) is 0 Å². The average Bonchev–Trinajstić information content (AvgIpc) is 2.44. The Kier molecular flexibility index (Phi) is 5.49. The van der Waals surface area contributed by atoms with Crippen LogP contribution in [0.3, 0.4) is 0 Å². The molecule has 1 aromatic carbocycles. The topological polar surface area (TPSA) is 52.6 Å². The SMILES string of the molecule is O=C(Oc1cccc(OC(=O)C(F)(F)C(F)(F)F)c1)C(F)(F)C(F)(F)F. The second-order valence-corrected chi connectivity index (χ2v) is 4.40. The van der Waals surface area contributed by atoms with Gasteiger partial charge in [0.15, 0.2) is 0 Å². The lowest BCUT2D eigenvalue weighted by atomic mass is 10.3. The van der Waals surface area contributed by atoms with E-state index < -0.39 is 47.6 Å². The number of ether oxygens (including phenoxy) is 2. The highest BCUT2D eigenvalue weighted by Crippen LogP contribution is 2.38. The van der Waals surface area contributed by atoms with Crippen molar-refractivity contribution in [3.63, 3.8) is 0 Å². The van der Waals surface area contributed by atoms with Gasteiger partial charge in [-0.2, -0.15) is 43.9 Å². The Morgan fingerprint density at radius 2 is 0.962 bits per heavy atom. The molecule has 0 aliphatic rings. The number of carbonyl (C=O) groups excluding carboxylic acids is 2. The maximum atomic E-state index is 12.7. The zero-order chi connectivity index (χ0) is 20.6. The van der Waals surface area contributed by atoms with Crippen LogP contribution in [-0.4, -0.2) is 36.1 Å². The molecular formula is C12H4F10O4. The Labute approximate surface area is 136 Å². The summed E-state index contributed by atoms with van der Waals surface area (Å²) < 4.78 is 130. The molecule has 0 aromatic heterocycles. The van der Waals surface area contributed by atoms with Crippen molar-refractivity contribution >= 4 is 11.9 Å². The fourth-order valence-corrected chi connectivity index (χ4v) is 1.17. The summed E-state index contributed by atoms with van der Waals surface area (Å²) in [5, 5.41) is 0. The van der Waals surface area contributed by atoms with Crippen LogP contribution >= 0.6 is 0 Å². The van der Waals surface area contributed by atoms with Crippen LogP contribution < -0.4 is 9.47 Å². The van der Waals surface area contributed by atoms with Crippen LogP contribution in [0.4, 0.5) is 43.9 Å². The van der Waals surface area contributed by atoms with Gasteiger partial charge < -0.3 is 9.47 Å². The maximum Gasteiger partial charge on any atom is 0.465 e. The van der Waals surface area contributed by atoms with Gasteiger partial charge in [-0.05, 0) is 12.1 Å². The van der Waals surface area contributed by atoms with Crippen molar-refractivity contribution in [2.75, 3.05) is 0 Å². The molecule has 0 aliphatic heterocycles. The van der Waals surface area contributed by atoms with Crippen molar-refractivity contribution in [3.05, 3.63) is 24.3 Å². The standard InChI is InChI=1S/C12H4F10O4/c13-9(14,11(17,18)19)7(23)25-5-2-1-3-6(4-5)26-8(24)10(15,16)12(20,21)22/h1-4H. The Morgan fingerprint density at radius 3 is 1.23 bits per heavy atom. The van der Waals surface area contributed by atoms with Crippen LogP contribution in [0.15, 0.2) is 24.3 Å². The smallest absolute Gasteiger partial charge is 0.422 e. The molecule has 0 fully saturated rings. The highest BCUT2D eigenvalue weighted by Gasteiger charge is 2.66. The van der Waals surface area contributed by atoms with E-state index in [1.807, 2.05) is 0 Å². The Bertz CT molecular complexity index is 637.